The predicted molar refractivity (Wildman–Crippen MR) is 119 cm³/mol. The Labute approximate surface area is 177 Å². The maximum atomic E-state index is 12.1. The smallest absolute Gasteiger partial charge is 0.122 e. The van der Waals surface area contributed by atoms with Crippen molar-refractivity contribution in [3.8, 4) is 11.5 Å². The molecule has 152 valence electrons. The van der Waals surface area contributed by atoms with Crippen LogP contribution in [0.25, 0.3) is 10.8 Å². The van der Waals surface area contributed by atoms with Crippen LogP contribution >= 0.6 is 0 Å². The van der Waals surface area contributed by atoms with E-state index < -0.39 is 11.3 Å². The number of hydrogen-bond acceptors (Lipinski definition) is 4. The van der Waals surface area contributed by atoms with Crippen LogP contribution < -0.4 is 13.8 Å². The highest BCUT2D eigenvalue weighted by Gasteiger charge is 2.13. The van der Waals surface area contributed by atoms with Crippen LogP contribution in [0, 0.1) is 0 Å². The molecule has 0 radical (unpaired) electrons. The number of fused-ring (bicyclic) bond motifs is 1. The molecule has 5 nitrogen and oxygen atoms in total. The fourth-order valence-electron chi connectivity index (χ4n) is 3.20. The predicted octanol–water partition coefficient (Wildman–Crippen LogP) is 5.23. The Morgan fingerprint density at radius 1 is 0.700 bits per heavy atom. The second-order valence-corrected chi connectivity index (χ2v) is 7.31. The van der Waals surface area contributed by atoms with Gasteiger partial charge in [0.15, 0.2) is 0 Å². The maximum absolute atomic E-state index is 12.1. The van der Waals surface area contributed by atoms with Gasteiger partial charge in [0, 0.05) is 5.39 Å². The summed E-state index contributed by atoms with van der Waals surface area (Å²) in [5.74, 6) is 1.44. The monoisotopic (exact) mass is 418 g/mol. The van der Waals surface area contributed by atoms with E-state index in [0.29, 0.717) is 30.3 Å². The minimum Gasteiger partial charge on any atom is -0.755 e. The molecule has 1 unspecified atom stereocenters. The van der Waals surface area contributed by atoms with E-state index in [1.807, 2.05) is 66.7 Å². The van der Waals surface area contributed by atoms with Crippen molar-refractivity contribution >= 4 is 33.4 Å². The standard InChI is InChI=1S/C24H21NO4S/c26-30(27)25(24-12-6-8-19-7-4-5-11-23(19)24)20-13-15-22(16-14-20)29-18-17-28-21-9-2-1-3-10-21/h1-16H,17-18H2,(H,26,27)/p-1. The van der Waals surface area contributed by atoms with E-state index in [0.717, 1.165) is 16.5 Å². The molecule has 0 saturated heterocycles. The Morgan fingerprint density at radius 2 is 1.30 bits per heavy atom. The van der Waals surface area contributed by atoms with Crippen LogP contribution in [0.1, 0.15) is 0 Å². The quantitative estimate of drug-likeness (QED) is 0.290. The average Bonchev–Trinajstić information content (AvgIpc) is 2.78. The molecule has 6 heteroatoms. The summed E-state index contributed by atoms with van der Waals surface area (Å²) in [5, 5.41) is 1.84. The van der Waals surface area contributed by atoms with E-state index in [2.05, 4.69) is 0 Å². The number of rotatable bonds is 8. The van der Waals surface area contributed by atoms with Crippen molar-refractivity contribution in [3.63, 3.8) is 0 Å². The van der Waals surface area contributed by atoms with Crippen molar-refractivity contribution < 1.29 is 18.2 Å². The summed E-state index contributed by atoms with van der Waals surface area (Å²) >= 11 is -2.47. The molecule has 4 rings (SSSR count). The van der Waals surface area contributed by atoms with Crippen molar-refractivity contribution in [3.05, 3.63) is 97.1 Å². The molecule has 4 aromatic rings. The highest BCUT2D eigenvalue weighted by molar-refractivity contribution is 7.81. The lowest BCUT2D eigenvalue weighted by molar-refractivity contribution is 0.217. The van der Waals surface area contributed by atoms with Crippen LogP contribution in [0.3, 0.4) is 0 Å². The van der Waals surface area contributed by atoms with E-state index in [1.165, 1.54) is 4.31 Å². The summed E-state index contributed by atoms with van der Waals surface area (Å²) < 4.78 is 36.7. The number of hydrogen-bond donors (Lipinski definition) is 0. The first-order valence-electron chi connectivity index (χ1n) is 9.50. The first-order chi connectivity index (χ1) is 14.7. The molecule has 4 aromatic carbocycles. The number of ether oxygens (including phenoxy) is 2. The minimum absolute atomic E-state index is 0.384. The van der Waals surface area contributed by atoms with Crippen LogP contribution in [0.15, 0.2) is 97.1 Å². The molecule has 1 atom stereocenters. The van der Waals surface area contributed by atoms with E-state index in [-0.39, 0.29) is 0 Å². The molecule has 0 heterocycles. The van der Waals surface area contributed by atoms with Crippen LogP contribution in [-0.2, 0) is 11.3 Å². The zero-order chi connectivity index (χ0) is 20.8. The number of benzene rings is 4. The fraction of sp³-hybridized carbons (Fsp3) is 0.0833. The van der Waals surface area contributed by atoms with Gasteiger partial charge < -0.3 is 14.0 Å². The number of nitrogens with zero attached hydrogens (tertiary/aromatic N) is 1. The molecule has 0 saturated carbocycles. The molecular weight excluding hydrogens is 398 g/mol. The van der Waals surface area contributed by atoms with Gasteiger partial charge in [-0.05, 0) is 47.9 Å². The van der Waals surface area contributed by atoms with Crippen LogP contribution in [0.4, 0.5) is 11.4 Å². The zero-order valence-electron chi connectivity index (χ0n) is 16.1. The first kappa shape index (κ1) is 19.9. The van der Waals surface area contributed by atoms with Gasteiger partial charge in [-0.15, -0.1) is 0 Å². The Morgan fingerprint density at radius 3 is 2.00 bits per heavy atom. The lowest BCUT2D eigenvalue weighted by atomic mass is 10.1. The van der Waals surface area contributed by atoms with Crippen molar-refractivity contribution in [1.29, 1.82) is 0 Å². The van der Waals surface area contributed by atoms with Gasteiger partial charge in [-0.3, -0.25) is 8.51 Å². The zero-order valence-corrected chi connectivity index (χ0v) is 17.0. The highest BCUT2D eigenvalue weighted by Crippen LogP contribution is 2.34. The molecule has 0 spiro atoms. The third-order valence-corrected chi connectivity index (χ3v) is 5.28. The summed E-state index contributed by atoms with van der Waals surface area (Å²) in [6.45, 7) is 0.799. The molecule has 0 aliphatic rings. The van der Waals surface area contributed by atoms with Gasteiger partial charge >= 0.3 is 0 Å². The molecule has 0 aliphatic carbocycles. The van der Waals surface area contributed by atoms with Gasteiger partial charge in [-0.25, -0.2) is 0 Å². The van der Waals surface area contributed by atoms with Crippen molar-refractivity contribution in [1.82, 2.24) is 0 Å². The highest BCUT2D eigenvalue weighted by atomic mass is 32.2. The van der Waals surface area contributed by atoms with E-state index in [4.69, 9.17) is 9.47 Å². The van der Waals surface area contributed by atoms with Gasteiger partial charge in [0.25, 0.3) is 0 Å². The average molecular weight is 418 g/mol. The normalized spacial score (nSPS) is 11.8. The summed E-state index contributed by atoms with van der Waals surface area (Å²) in [4.78, 5) is 0. The maximum Gasteiger partial charge on any atom is 0.122 e. The Balaban J connectivity index is 1.46. The SMILES string of the molecule is O=S([O-])N(c1ccc(OCCOc2ccccc2)cc1)c1cccc2ccccc12. The fourth-order valence-corrected chi connectivity index (χ4v) is 3.82. The summed E-state index contributed by atoms with van der Waals surface area (Å²) in [6.07, 6.45) is 0. The Kier molecular flexibility index (Phi) is 6.27. The van der Waals surface area contributed by atoms with E-state index in [9.17, 15) is 8.76 Å². The van der Waals surface area contributed by atoms with Crippen molar-refractivity contribution in [2.24, 2.45) is 0 Å². The second-order valence-electron chi connectivity index (χ2n) is 6.51. The third-order valence-electron chi connectivity index (χ3n) is 4.57. The molecule has 0 N–H and O–H groups in total. The van der Waals surface area contributed by atoms with Gasteiger partial charge in [-0.2, -0.15) is 0 Å². The molecule has 0 fully saturated rings. The molecule has 30 heavy (non-hydrogen) atoms. The third kappa shape index (κ3) is 4.62. The lowest BCUT2D eigenvalue weighted by Gasteiger charge is -2.27. The van der Waals surface area contributed by atoms with Gasteiger partial charge in [0.05, 0.1) is 22.6 Å². The largest absolute Gasteiger partial charge is 0.755 e. The topological polar surface area (TPSA) is 61.8 Å². The number of anilines is 2. The van der Waals surface area contributed by atoms with Crippen molar-refractivity contribution in [2.45, 2.75) is 0 Å². The summed E-state index contributed by atoms with van der Waals surface area (Å²) in [7, 11) is 0. The lowest BCUT2D eigenvalue weighted by Crippen LogP contribution is -2.19. The Bertz CT molecular complexity index is 1130. The minimum atomic E-state index is -2.47. The second kappa shape index (κ2) is 9.43. The van der Waals surface area contributed by atoms with Crippen LogP contribution in [0.2, 0.25) is 0 Å². The summed E-state index contributed by atoms with van der Waals surface area (Å²) in [5.41, 5.74) is 1.14. The van der Waals surface area contributed by atoms with Gasteiger partial charge in [0.2, 0.25) is 0 Å². The molecule has 0 aromatic heterocycles. The van der Waals surface area contributed by atoms with Gasteiger partial charge in [-0.1, -0.05) is 54.6 Å². The number of para-hydroxylation sites is 1. The summed E-state index contributed by atoms with van der Waals surface area (Å²) in [6, 6.07) is 29.8. The van der Waals surface area contributed by atoms with Gasteiger partial charge in [0.1, 0.15) is 24.7 Å². The first-order valence-corrected chi connectivity index (χ1v) is 10.5. The van der Waals surface area contributed by atoms with Crippen LogP contribution in [0.5, 0.6) is 11.5 Å². The van der Waals surface area contributed by atoms with Crippen molar-refractivity contribution in [2.75, 3.05) is 17.5 Å². The molecule has 0 bridgehead atoms. The van der Waals surface area contributed by atoms with E-state index in [1.54, 1.807) is 30.3 Å². The molecule has 0 aliphatic heterocycles. The van der Waals surface area contributed by atoms with Crippen LogP contribution in [-0.4, -0.2) is 22.0 Å². The molecular formula is C24H20NO4S-. The van der Waals surface area contributed by atoms with E-state index >= 15 is 0 Å². The molecule has 0 amide bonds. The Hall–Kier alpha value is -3.35.